The second-order valence-electron chi connectivity index (χ2n) is 8.89. The predicted octanol–water partition coefficient (Wildman–Crippen LogP) is 3.20. The Morgan fingerprint density at radius 1 is 1.13 bits per heavy atom. The number of aryl methyl sites for hydroxylation is 1. The largest absolute Gasteiger partial charge is 0.393 e. The van der Waals surface area contributed by atoms with Crippen LogP contribution in [0.25, 0.3) is 0 Å². The number of nitrogens with one attached hydrogen (secondary N) is 2. The van der Waals surface area contributed by atoms with Crippen molar-refractivity contribution in [2.75, 3.05) is 5.32 Å². The third kappa shape index (κ3) is 4.71. The van der Waals surface area contributed by atoms with Gasteiger partial charge in [-0.25, -0.2) is 0 Å². The summed E-state index contributed by atoms with van der Waals surface area (Å²) in [5, 5.41) is 15.5. The number of hydrogen-bond acceptors (Lipinski definition) is 4. The maximum absolute atomic E-state index is 13.0. The van der Waals surface area contributed by atoms with E-state index in [4.69, 9.17) is 0 Å². The first-order chi connectivity index (χ1) is 14.5. The molecule has 1 fully saturated rings. The van der Waals surface area contributed by atoms with Crippen molar-refractivity contribution in [2.45, 2.75) is 65.0 Å². The van der Waals surface area contributed by atoms with Gasteiger partial charge in [0, 0.05) is 24.0 Å². The van der Waals surface area contributed by atoms with Gasteiger partial charge < -0.3 is 20.3 Å². The number of aliphatic hydroxyl groups is 1. The van der Waals surface area contributed by atoms with E-state index in [2.05, 4.69) is 10.6 Å². The number of aromatic nitrogens is 1. The van der Waals surface area contributed by atoms with Crippen LogP contribution in [-0.2, 0) is 11.8 Å². The summed E-state index contributed by atoms with van der Waals surface area (Å²) >= 11 is 0. The van der Waals surface area contributed by atoms with E-state index < -0.39 is 17.2 Å². The summed E-state index contributed by atoms with van der Waals surface area (Å²) in [4.78, 5) is 38.8. The standard InChI is InChI=1S/C24H31N3O4/c1-14-7-6-8-17(13-14)25-22(30)19-15(2)20(27(5)16(19)3)21(29)23(31)26-24(4)11-9-18(28)10-12-24/h6-8,13,18,28H,9-12H2,1-5H3,(H,25,30)(H,26,31). The Hall–Kier alpha value is -2.93. The molecule has 31 heavy (non-hydrogen) atoms. The van der Waals surface area contributed by atoms with Crippen LogP contribution in [0.4, 0.5) is 5.69 Å². The third-order valence-corrected chi connectivity index (χ3v) is 6.33. The van der Waals surface area contributed by atoms with Crippen LogP contribution in [-0.4, -0.2) is 38.9 Å². The molecule has 0 spiro atoms. The normalized spacial score (nSPS) is 20.9. The molecular weight excluding hydrogens is 394 g/mol. The minimum atomic E-state index is -0.687. The van der Waals surface area contributed by atoms with Gasteiger partial charge in [-0.15, -0.1) is 0 Å². The number of anilines is 1. The average Bonchev–Trinajstić information content (AvgIpc) is 2.92. The molecule has 1 heterocycles. The Labute approximate surface area is 182 Å². The summed E-state index contributed by atoms with van der Waals surface area (Å²) in [6.07, 6.45) is 2.06. The molecule has 0 radical (unpaired) electrons. The van der Waals surface area contributed by atoms with Crippen LogP contribution < -0.4 is 10.6 Å². The van der Waals surface area contributed by atoms with Crippen molar-refractivity contribution in [3.05, 3.63) is 52.3 Å². The van der Waals surface area contributed by atoms with Crippen molar-refractivity contribution in [3.8, 4) is 0 Å². The van der Waals surface area contributed by atoms with Crippen molar-refractivity contribution in [1.29, 1.82) is 0 Å². The molecule has 3 rings (SSSR count). The van der Waals surface area contributed by atoms with E-state index in [1.165, 1.54) is 0 Å². The highest BCUT2D eigenvalue weighted by Crippen LogP contribution is 2.29. The molecule has 0 bridgehead atoms. The highest BCUT2D eigenvalue weighted by Gasteiger charge is 2.35. The molecule has 166 valence electrons. The van der Waals surface area contributed by atoms with E-state index in [1.54, 1.807) is 31.5 Å². The van der Waals surface area contributed by atoms with Crippen molar-refractivity contribution in [2.24, 2.45) is 7.05 Å². The van der Waals surface area contributed by atoms with Gasteiger partial charge in [-0.3, -0.25) is 14.4 Å². The predicted molar refractivity (Wildman–Crippen MR) is 119 cm³/mol. The molecular formula is C24H31N3O4. The average molecular weight is 426 g/mol. The van der Waals surface area contributed by atoms with E-state index in [-0.39, 0.29) is 17.7 Å². The fraction of sp³-hybridized carbons (Fsp3) is 0.458. The van der Waals surface area contributed by atoms with Crippen molar-refractivity contribution in [3.63, 3.8) is 0 Å². The molecule has 7 nitrogen and oxygen atoms in total. The van der Waals surface area contributed by atoms with E-state index in [0.29, 0.717) is 48.2 Å². The molecule has 2 amide bonds. The van der Waals surface area contributed by atoms with E-state index in [1.807, 2.05) is 32.0 Å². The van der Waals surface area contributed by atoms with Gasteiger partial charge in [0.05, 0.1) is 17.4 Å². The van der Waals surface area contributed by atoms with Crippen molar-refractivity contribution < 1.29 is 19.5 Å². The molecule has 1 aromatic carbocycles. The number of Topliss-reactive ketones (excluding diaryl/α,β-unsaturated/α-hetero) is 1. The lowest BCUT2D eigenvalue weighted by Gasteiger charge is -2.36. The number of benzene rings is 1. The fourth-order valence-corrected chi connectivity index (χ4v) is 4.35. The molecule has 7 heteroatoms. The van der Waals surface area contributed by atoms with Gasteiger partial charge in [0.2, 0.25) is 0 Å². The van der Waals surface area contributed by atoms with Gasteiger partial charge in [-0.1, -0.05) is 12.1 Å². The maximum Gasteiger partial charge on any atom is 0.294 e. The zero-order valence-corrected chi connectivity index (χ0v) is 18.8. The van der Waals surface area contributed by atoms with Crippen LogP contribution in [0.2, 0.25) is 0 Å². The number of rotatable bonds is 5. The number of hydrogen-bond donors (Lipinski definition) is 3. The number of nitrogens with zero attached hydrogens (tertiary/aromatic N) is 1. The van der Waals surface area contributed by atoms with Crippen LogP contribution in [0, 0.1) is 20.8 Å². The minimum Gasteiger partial charge on any atom is -0.393 e. The number of carbonyl (C=O) groups excluding carboxylic acids is 3. The molecule has 0 aliphatic heterocycles. The molecule has 1 aromatic heterocycles. The molecule has 1 aliphatic rings. The third-order valence-electron chi connectivity index (χ3n) is 6.33. The fourth-order valence-electron chi connectivity index (χ4n) is 4.35. The summed E-state index contributed by atoms with van der Waals surface area (Å²) in [5.41, 5.74) is 2.88. The summed E-state index contributed by atoms with van der Waals surface area (Å²) in [6.45, 7) is 7.29. The quantitative estimate of drug-likeness (QED) is 0.506. The monoisotopic (exact) mass is 425 g/mol. The van der Waals surface area contributed by atoms with Gasteiger partial charge in [-0.2, -0.15) is 0 Å². The van der Waals surface area contributed by atoms with Gasteiger partial charge in [0.15, 0.2) is 0 Å². The zero-order valence-electron chi connectivity index (χ0n) is 18.8. The molecule has 0 saturated heterocycles. The van der Waals surface area contributed by atoms with Crippen LogP contribution >= 0.6 is 0 Å². The Morgan fingerprint density at radius 2 is 1.77 bits per heavy atom. The Balaban J connectivity index is 1.83. The van der Waals surface area contributed by atoms with Crippen LogP contribution in [0.3, 0.4) is 0 Å². The lowest BCUT2D eigenvalue weighted by Crippen LogP contribution is -2.51. The van der Waals surface area contributed by atoms with Gasteiger partial charge >= 0.3 is 0 Å². The SMILES string of the molecule is Cc1cccc(NC(=O)c2c(C)c(C(=O)C(=O)NC3(C)CCC(O)CC3)n(C)c2C)c1. The number of carbonyl (C=O) groups is 3. The van der Waals surface area contributed by atoms with Gasteiger partial charge in [0.25, 0.3) is 17.6 Å². The maximum atomic E-state index is 13.0. The molecule has 3 N–H and O–H groups in total. The smallest absolute Gasteiger partial charge is 0.294 e. The van der Waals surface area contributed by atoms with E-state index >= 15 is 0 Å². The summed E-state index contributed by atoms with van der Waals surface area (Å²) in [5.74, 6) is -1.66. The first-order valence-electron chi connectivity index (χ1n) is 10.6. The first-order valence-corrected chi connectivity index (χ1v) is 10.6. The summed E-state index contributed by atoms with van der Waals surface area (Å²) in [7, 11) is 1.69. The lowest BCUT2D eigenvalue weighted by atomic mass is 9.82. The van der Waals surface area contributed by atoms with Crippen molar-refractivity contribution in [1.82, 2.24) is 9.88 Å². The minimum absolute atomic E-state index is 0.212. The van der Waals surface area contributed by atoms with E-state index in [9.17, 15) is 19.5 Å². The molecule has 0 atom stereocenters. The zero-order chi connectivity index (χ0) is 22.9. The van der Waals surface area contributed by atoms with Gasteiger partial charge in [-0.05, 0) is 76.6 Å². The van der Waals surface area contributed by atoms with Crippen LogP contribution in [0.15, 0.2) is 24.3 Å². The topological polar surface area (TPSA) is 100 Å². The first kappa shape index (κ1) is 22.7. The number of amides is 2. The molecule has 1 saturated carbocycles. The molecule has 2 aromatic rings. The highest BCUT2D eigenvalue weighted by atomic mass is 16.3. The lowest BCUT2D eigenvalue weighted by molar-refractivity contribution is -0.119. The number of ketones is 1. The highest BCUT2D eigenvalue weighted by molar-refractivity contribution is 6.43. The van der Waals surface area contributed by atoms with Gasteiger partial charge in [0.1, 0.15) is 0 Å². The van der Waals surface area contributed by atoms with Crippen LogP contribution in [0.1, 0.15) is 70.3 Å². The molecule has 0 unspecified atom stereocenters. The Bertz CT molecular complexity index is 1030. The Morgan fingerprint density at radius 3 is 2.39 bits per heavy atom. The van der Waals surface area contributed by atoms with Crippen LogP contribution in [0.5, 0.6) is 0 Å². The summed E-state index contributed by atoms with van der Waals surface area (Å²) in [6, 6.07) is 7.48. The Kier molecular flexibility index (Phi) is 6.36. The van der Waals surface area contributed by atoms with E-state index in [0.717, 1.165) is 5.56 Å². The number of aliphatic hydroxyl groups excluding tert-OH is 1. The molecule has 1 aliphatic carbocycles. The second kappa shape index (κ2) is 8.67. The summed E-state index contributed by atoms with van der Waals surface area (Å²) < 4.78 is 1.61. The van der Waals surface area contributed by atoms with Crippen molar-refractivity contribution >= 4 is 23.3 Å². The second-order valence-corrected chi connectivity index (χ2v) is 8.89.